The lowest BCUT2D eigenvalue weighted by Crippen LogP contribution is -2.30. The molecule has 230 valence electrons. The molecule has 0 spiro atoms. The molecule has 0 aliphatic heterocycles. The standard InChI is InChI=1S/C49H34/c1-33(39-26-12-18-34-14-2-6-20-40(34)39)28-29-44(45-27-13-19-35-15-3-7-21-41(35)45)38-30-36-16-4-9-23-43(36)48(32-38)49-31-37-17-5-8-22-42(37)46-24-10-11-25-47(46)49/h2-31H,1,32H2/b29-28-,44-38+. The number of hydrogen-bond donors (Lipinski definition) is 0. The van der Waals surface area contributed by atoms with Gasteiger partial charge in [0, 0.05) is 0 Å². The van der Waals surface area contributed by atoms with Crippen molar-refractivity contribution in [3.05, 3.63) is 215 Å². The third kappa shape index (κ3) is 5.10. The second-order valence-electron chi connectivity index (χ2n) is 12.9. The first-order chi connectivity index (χ1) is 24.2. The Morgan fingerprint density at radius 3 is 1.78 bits per heavy atom. The molecule has 0 unspecified atom stereocenters. The van der Waals surface area contributed by atoms with Gasteiger partial charge in [-0.2, -0.15) is 0 Å². The molecule has 0 heterocycles. The summed E-state index contributed by atoms with van der Waals surface area (Å²) in [7, 11) is 0. The SMILES string of the molecule is C=C(/C=C\C(=C1\C=c2ccccc2=C(c2cc3ccccc3c3ccccc23)C1)c1cccc2ccccc12)c1cccc2ccccc12. The van der Waals surface area contributed by atoms with Crippen LogP contribution in [-0.4, -0.2) is 0 Å². The molecular weight excluding hydrogens is 589 g/mol. The molecule has 0 aromatic heterocycles. The van der Waals surface area contributed by atoms with Gasteiger partial charge in [-0.05, 0) is 105 Å². The molecule has 0 atom stereocenters. The fraction of sp³-hybridized carbons (Fsp3) is 0.0204. The Morgan fingerprint density at radius 2 is 1.02 bits per heavy atom. The summed E-state index contributed by atoms with van der Waals surface area (Å²) in [5.41, 5.74) is 8.55. The van der Waals surface area contributed by atoms with Gasteiger partial charge in [-0.1, -0.05) is 183 Å². The molecule has 1 aliphatic rings. The molecule has 0 saturated heterocycles. The number of hydrogen-bond acceptors (Lipinski definition) is 0. The topological polar surface area (TPSA) is 0 Å². The maximum Gasteiger partial charge on any atom is -0.000706 e. The smallest absolute Gasteiger partial charge is 0.000706 e. The average molecular weight is 623 g/mol. The van der Waals surface area contributed by atoms with Crippen LogP contribution in [0.2, 0.25) is 0 Å². The van der Waals surface area contributed by atoms with E-state index in [1.54, 1.807) is 0 Å². The molecule has 0 radical (unpaired) electrons. The van der Waals surface area contributed by atoms with Crippen molar-refractivity contribution in [3.8, 4) is 0 Å². The van der Waals surface area contributed by atoms with Crippen LogP contribution in [0.5, 0.6) is 0 Å². The van der Waals surface area contributed by atoms with Gasteiger partial charge in [-0.3, -0.25) is 0 Å². The first-order valence-electron chi connectivity index (χ1n) is 17.0. The summed E-state index contributed by atoms with van der Waals surface area (Å²) in [6.45, 7) is 4.58. The van der Waals surface area contributed by atoms with Crippen molar-refractivity contribution in [2.24, 2.45) is 0 Å². The van der Waals surface area contributed by atoms with Gasteiger partial charge >= 0.3 is 0 Å². The Bertz CT molecular complexity index is 2800. The third-order valence-corrected chi connectivity index (χ3v) is 10.1. The largest absolute Gasteiger partial charge is 0.0911 e. The summed E-state index contributed by atoms with van der Waals surface area (Å²) in [4.78, 5) is 0. The maximum absolute atomic E-state index is 4.58. The molecule has 9 rings (SSSR count). The van der Waals surface area contributed by atoms with Crippen molar-refractivity contribution in [1.82, 2.24) is 0 Å². The third-order valence-electron chi connectivity index (χ3n) is 10.1. The zero-order valence-electron chi connectivity index (χ0n) is 27.2. The quantitative estimate of drug-likeness (QED) is 0.132. The van der Waals surface area contributed by atoms with Crippen molar-refractivity contribution in [2.75, 3.05) is 0 Å². The molecule has 0 N–H and O–H groups in total. The summed E-state index contributed by atoms with van der Waals surface area (Å²) in [5, 5.41) is 12.6. The molecule has 0 amide bonds. The Kier molecular flexibility index (Phi) is 7.14. The Labute approximate surface area is 286 Å². The van der Waals surface area contributed by atoms with Crippen LogP contribution in [0.4, 0.5) is 0 Å². The maximum atomic E-state index is 4.58. The van der Waals surface area contributed by atoms with Crippen LogP contribution in [0.15, 0.2) is 188 Å². The zero-order chi connectivity index (χ0) is 32.7. The molecule has 0 fully saturated rings. The van der Waals surface area contributed by atoms with E-state index in [4.69, 9.17) is 0 Å². The van der Waals surface area contributed by atoms with E-state index in [9.17, 15) is 0 Å². The minimum Gasteiger partial charge on any atom is -0.0911 e. The average Bonchev–Trinajstić information content (AvgIpc) is 3.17. The van der Waals surface area contributed by atoms with Gasteiger partial charge in [0.2, 0.25) is 0 Å². The number of fused-ring (bicyclic) bond motifs is 6. The second kappa shape index (κ2) is 12.1. The van der Waals surface area contributed by atoms with Gasteiger partial charge in [-0.25, -0.2) is 0 Å². The van der Waals surface area contributed by atoms with E-state index >= 15 is 0 Å². The summed E-state index contributed by atoms with van der Waals surface area (Å²) in [6.07, 6.45) is 7.74. The van der Waals surface area contributed by atoms with E-state index in [0.29, 0.717) is 0 Å². The molecule has 8 aromatic rings. The Hall–Kier alpha value is -6.24. The summed E-state index contributed by atoms with van der Waals surface area (Å²) < 4.78 is 0. The monoisotopic (exact) mass is 622 g/mol. The van der Waals surface area contributed by atoms with Crippen molar-refractivity contribution in [1.29, 1.82) is 0 Å². The number of benzene rings is 8. The molecule has 0 heteroatoms. The van der Waals surface area contributed by atoms with E-state index in [-0.39, 0.29) is 0 Å². The molecule has 0 bridgehead atoms. The van der Waals surface area contributed by atoms with E-state index in [1.807, 2.05) is 0 Å². The molecule has 49 heavy (non-hydrogen) atoms. The van der Waals surface area contributed by atoms with Crippen LogP contribution in [-0.2, 0) is 0 Å². The highest BCUT2D eigenvalue weighted by molar-refractivity contribution is 6.12. The van der Waals surface area contributed by atoms with E-state index in [0.717, 1.165) is 17.6 Å². The van der Waals surface area contributed by atoms with Crippen molar-refractivity contribution in [3.63, 3.8) is 0 Å². The first-order valence-corrected chi connectivity index (χ1v) is 17.0. The molecule has 8 aromatic carbocycles. The van der Waals surface area contributed by atoms with Gasteiger partial charge in [0.15, 0.2) is 0 Å². The van der Waals surface area contributed by atoms with E-state index < -0.39 is 0 Å². The minimum atomic E-state index is 0.809. The Balaban J connectivity index is 1.29. The molecular formula is C49H34. The number of rotatable bonds is 5. The van der Waals surface area contributed by atoms with Crippen LogP contribution in [0.3, 0.4) is 0 Å². The zero-order valence-corrected chi connectivity index (χ0v) is 27.2. The van der Waals surface area contributed by atoms with Crippen LogP contribution in [0, 0.1) is 0 Å². The Morgan fingerprint density at radius 1 is 0.469 bits per heavy atom. The lowest BCUT2D eigenvalue weighted by atomic mass is 9.83. The molecule has 1 aliphatic carbocycles. The summed E-state index contributed by atoms with van der Waals surface area (Å²) in [6, 6.07) is 59.3. The highest BCUT2D eigenvalue weighted by atomic mass is 14.2. The van der Waals surface area contributed by atoms with Crippen molar-refractivity contribution < 1.29 is 0 Å². The highest BCUT2D eigenvalue weighted by Gasteiger charge is 2.18. The molecule has 0 saturated carbocycles. The van der Waals surface area contributed by atoms with Gasteiger partial charge in [-0.15, -0.1) is 0 Å². The summed E-state index contributed by atoms with van der Waals surface area (Å²) in [5.74, 6) is 0. The molecule has 0 nitrogen and oxygen atoms in total. The second-order valence-corrected chi connectivity index (χ2v) is 12.9. The number of allylic oxidation sites excluding steroid dienone is 5. The van der Waals surface area contributed by atoms with Gasteiger partial charge in [0.05, 0.1) is 0 Å². The van der Waals surface area contributed by atoms with E-state index in [1.165, 1.54) is 81.4 Å². The lowest BCUT2D eigenvalue weighted by molar-refractivity contribution is 1.26. The van der Waals surface area contributed by atoms with Crippen molar-refractivity contribution in [2.45, 2.75) is 6.42 Å². The predicted molar refractivity (Wildman–Crippen MR) is 212 cm³/mol. The van der Waals surface area contributed by atoms with Gasteiger partial charge in [0.1, 0.15) is 0 Å². The van der Waals surface area contributed by atoms with Crippen LogP contribution in [0.1, 0.15) is 23.1 Å². The van der Waals surface area contributed by atoms with E-state index in [2.05, 4.69) is 189 Å². The lowest BCUT2D eigenvalue weighted by Gasteiger charge is -2.21. The minimum absolute atomic E-state index is 0.809. The normalized spacial score (nSPS) is 14.0. The highest BCUT2D eigenvalue weighted by Crippen LogP contribution is 2.38. The van der Waals surface area contributed by atoms with Gasteiger partial charge in [0.25, 0.3) is 0 Å². The first kappa shape index (κ1) is 28.9. The fourth-order valence-corrected chi connectivity index (χ4v) is 7.75. The summed E-state index contributed by atoms with van der Waals surface area (Å²) >= 11 is 0. The van der Waals surface area contributed by atoms with Crippen LogP contribution in [0.25, 0.3) is 65.9 Å². The van der Waals surface area contributed by atoms with Crippen LogP contribution < -0.4 is 10.4 Å². The predicted octanol–water partition coefficient (Wildman–Crippen LogP) is 11.4. The van der Waals surface area contributed by atoms with Crippen LogP contribution >= 0.6 is 0 Å². The fourth-order valence-electron chi connectivity index (χ4n) is 7.75. The van der Waals surface area contributed by atoms with Gasteiger partial charge < -0.3 is 0 Å². The van der Waals surface area contributed by atoms with Crippen molar-refractivity contribution >= 4 is 65.9 Å².